The molecule has 1 atom stereocenters. The fourth-order valence-electron chi connectivity index (χ4n) is 1.87. The Morgan fingerprint density at radius 2 is 1.76 bits per heavy atom. The van der Waals surface area contributed by atoms with Crippen molar-refractivity contribution >= 4 is 0 Å². The summed E-state index contributed by atoms with van der Waals surface area (Å²) in [6.07, 6.45) is -2.36. The number of hydrogen-bond donors (Lipinski definition) is 1. The lowest BCUT2D eigenvalue weighted by atomic mass is 9.92. The van der Waals surface area contributed by atoms with Crippen molar-refractivity contribution in [3.63, 3.8) is 0 Å². The Hall–Kier alpha value is -1.03. The van der Waals surface area contributed by atoms with Gasteiger partial charge < -0.3 is 5.32 Å². The standard InChI is InChI=1S/C13H18F3N/c1-3-10(8-9-17-2)11-4-6-12(7-5-11)13(14,15)16/h4-7,10,17H,3,8-9H2,1-2H3. The van der Waals surface area contributed by atoms with Crippen LogP contribution in [0.4, 0.5) is 13.2 Å². The van der Waals surface area contributed by atoms with Crippen LogP contribution in [0.2, 0.25) is 0 Å². The molecule has 0 fully saturated rings. The summed E-state index contributed by atoms with van der Waals surface area (Å²) in [5.41, 5.74) is 0.403. The van der Waals surface area contributed by atoms with Gasteiger partial charge in [0.15, 0.2) is 0 Å². The number of hydrogen-bond acceptors (Lipinski definition) is 1. The van der Waals surface area contributed by atoms with Crippen molar-refractivity contribution in [3.8, 4) is 0 Å². The molecule has 0 aliphatic rings. The molecule has 0 aliphatic heterocycles. The second-order valence-electron chi connectivity index (χ2n) is 4.12. The Morgan fingerprint density at radius 1 is 1.18 bits per heavy atom. The molecule has 1 N–H and O–H groups in total. The molecule has 1 rings (SSSR count). The maximum Gasteiger partial charge on any atom is 0.416 e. The first kappa shape index (κ1) is 14.0. The van der Waals surface area contributed by atoms with E-state index in [4.69, 9.17) is 0 Å². The second-order valence-corrected chi connectivity index (χ2v) is 4.12. The monoisotopic (exact) mass is 245 g/mol. The predicted molar refractivity (Wildman–Crippen MR) is 63.0 cm³/mol. The zero-order valence-corrected chi connectivity index (χ0v) is 10.1. The number of halogens is 3. The number of rotatable bonds is 5. The van der Waals surface area contributed by atoms with E-state index in [0.29, 0.717) is 5.92 Å². The second kappa shape index (κ2) is 6.05. The van der Waals surface area contributed by atoms with Crippen molar-refractivity contribution < 1.29 is 13.2 Å². The van der Waals surface area contributed by atoms with Gasteiger partial charge in [0.25, 0.3) is 0 Å². The van der Waals surface area contributed by atoms with Crippen LogP contribution in [-0.4, -0.2) is 13.6 Å². The molecule has 1 unspecified atom stereocenters. The molecule has 0 radical (unpaired) electrons. The largest absolute Gasteiger partial charge is 0.416 e. The summed E-state index contributed by atoms with van der Waals surface area (Å²) in [4.78, 5) is 0. The maximum absolute atomic E-state index is 12.4. The molecule has 0 bridgehead atoms. The summed E-state index contributed by atoms with van der Waals surface area (Å²) in [5.74, 6) is 0.324. The smallest absolute Gasteiger partial charge is 0.320 e. The summed E-state index contributed by atoms with van der Waals surface area (Å²) < 4.78 is 37.2. The van der Waals surface area contributed by atoms with Gasteiger partial charge in [-0.1, -0.05) is 19.1 Å². The molecular weight excluding hydrogens is 227 g/mol. The Bertz CT molecular complexity index is 330. The van der Waals surface area contributed by atoms with Gasteiger partial charge in [0, 0.05) is 0 Å². The van der Waals surface area contributed by atoms with Gasteiger partial charge in [-0.15, -0.1) is 0 Å². The molecular formula is C13H18F3N. The van der Waals surface area contributed by atoms with Gasteiger partial charge >= 0.3 is 6.18 Å². The first-order valence-corrected chi connectivity index (χ1v) is 5.80. The van der Waals surface area contributed by atoms with E-state index in [1.54, 1.807) is 12.1 Å². The normalized spacial score (nSPS) is 13.7. The summed E-state index contributed by atoms with van der Waals surface area (Å²) in [5, 5.41) is 3.06. The van der Waals surface area contributed by atoms with Crippen LogP contribution in [0, 0.1) is 0 Å². The van der Waals surface area contributed by atoms with Crippen LogP contribution in [0.25, 0.3) is 0 Å². The van der Waals surface area contributed by atoms with E-state index in [0.717, 1.165) is 37.1 Å². The van der Waals surface area contributed by atoms with Crippen molar-refractivity contribution in [2.45, 2.75) is 31.9 Å². The average Bonchev–Trinajstić information content (AvgIpc) is 2.29. The topological polar surface area (TPSA) is 12.0 Å². The van der Waals surface area contributed by atoms with Gasteiger partial charge in [-0.2, -0.15) is 13.2 Å². The highest BCUT2D eigenvalue weighted by Crippen LogP contribution is 2.31. The third-order valence-electron chi connectivity index (χ3n) is 2.95. The molecule has 96 valence electrons. The van der Waals surface area contributed by atoms with E-state index >= 15 is 0 Å². The zero-order chi connectivity index (χ0) is 12.9. The third kappa shape index (κ3) is 4.04. The van der Waals surface area contributed by atoms with Crippen LogP contribution < -0.4 is 5.32 Å². The Kier molecular flexibility index (Phi) is 5.00. The highest BCUT2D eigenvalue weighted by molar-refractivity contribution is 5.27. The van der Waals surface area contributed by atoms with E-state index in [9.17, 15) is 13.2 Å². The minimum absolute atomic E-state index is 0.324. The van der Waals surface area contributed by atoms with Crippen LogP contribution in [0.5, 0.6) is 0 Å². The van der Waals surface area contributed by atoms with Crippen LogP contribution in [0.3, 0.4) is 0 Å². The van der Waals surface area contributed by atoms with Gasteiger partial charge in [-0.25, -0.2) is 0 Å². The first-order chi connectivity index (χ1) is 7.99. The molecule has 4 heteroatoms. The van der Waals surface area contributed by atoms with Crippen molar-refractivity contribution in [3.05, 3.63) is 35.4 Å². The van der Waals surface area contributed by atoms with Gasteiger partial charge in [0.1, 0.15) is 0 Å². The van der Waals surface area contributed by atoms with E-state index in [2.05, 4.69) is 12.2 Å². The predicted octanol–water partition coefficient (Wildman–Crippen LogP) is 3.81. The zero-order valence-electron chi connectivity index (χ0n) is 10.1. The number of benzene rings is 1. The first-order valence-electron chi connectivity index (χ1n) is 5.80. The minimum atomic E-state index is -4.24. The summed E-state index contributed by atoms with van der Waals surface area (Å²) >= 11 is 0. The van der Waals surface area contributed by atoms with Crippen LogP contribution >= 0.6 is 0 Å². The maximum atomic E-state index is 12.4. The molecule has 1 nitrogen and oxygen atoms in total. The molecule has 1 aromatic rings. The average molecular weight is 245 g/mol. The molecule has 0 saturated carbocycles. The Balaban J connectivity index is 2.78. The molecule has 1 aromatic carbocycles. The van der Waals surface area contributed by atoms with Crippen LogP contribution in [0.15, 0.2) is 24.3 Å². The molecule has 17 heavy (non-hydrogen) atoms. The van der Waals surface area contributed by atoms with Gasteiger partial charge in [-0.3, -0.25) is 0 Å². The van der Waals surface area contributed by atoms with Crippen LogP contribution in [-0.2, 0) is 6.18 Å². The minimum Gasteiger partial charge on any atom is -0.320 e. The lowest BCUT2D eigenvalue weighted by Crippen LogP contribution is -2.12. The summed E-state index contributed by atoms with van der Waals surface area (Å²) in [6, 6.07) is 5.51. The summed E-state index contributed by atoms with van der Waals surface area (Å²) in [6.45, 7) is 2.93. The lowest BCUT2D eigenvalue weighted by Gasteiger charge is -2.16. The van der Waals surface area contributed by atoms with E-state index in [1.165, 1.54) is 0 Å². The van der Waals surface area contributed by atoms with E-state index < -0.39 is 11.7 Å². The SMILES string of the molecule is CCC(CCNC)c1ccc(C(F)(F)F)cc1. The molecule has 0 aromatic heterocycles. The van der Waals surface area contributed by atoms with Crippen molar-refractivity contribution in [1.29, 1.82) is 0 Å². The number of nitrogens with one attached hydrogen (secondary N) is 1. The Morgan fingerprint density at radius 3 is 2.18 bits per heavy atom. The van der Waals surface area contributed by atoms with Gasteiger partial charge in [0.05, 0.1) is 5.56 Å². The van der Waals surface area contributed by atoms with Crippen molar-refractivity contribution in [2.24, 2.45) is 0 Å². The molecule has 0 amide bonds. The molecule has 0 heterocycles. The molecule has 0 saturated heterocycles. The quantitative estimate of drug-likeness (QED) is 0.831. The van der Waals surface area contributed by atoms with Gasteiger partial charge in [-0.05, 0) is 50.0 Å². The number of alkyl halides is 3. The van der Waals surface area contributed by atoms with E-state index in [1.807, 2.05) is 7.05 Å². The fourth-order valence-corrected chi connectivity index (χ4v) is 1.87. The third-order valence-corrected chi connectivity index (χ3v) is 2.95. The molecule has 0 aliphatic carbocycles. The van der Waals surface area contributed by atoms with Crippen molar-refractivity contribution in [1.82, 2.24) is 5.32 Å². The molecule has 0 spiro atoms. The summed E-state index contributed by atoms with van der Waals surface area (Å²) in [7, 11) is 1.87. The lowest BCUT2D eigenvalue weighted by molar-refractivity contribution is -0.137. The Labute approximate surface area is 100 Å². The highest BCUT2D eigenvalue weighted by atomic mass is 19.4. The fraction of sp³-hybridized carbons (Fsp3) is 0.538. The van der Waals surface area contributed by atoms with Crippen molar-refractivity contribution in [2.75, 3.05) is 13.6 Å². The van der Waals surface area contributed by atoms with Gasteiger partial charge in [0.2, 0.25) is 0 Å². The van der Waals surface area contributed by atoms with Crippen LogP contribution in [0.1, 0.15) is 36.8 Å². The highest BCUT2D eigenvalue weighted by Gasteiger charge is 2.30. The van der Waals surface area contributed by atoms with E-state index in [-0.39, 0.29) is 0 Å².